The monoisotopic (exact) mass is 467 g/mol. The van der Waals surface area contributed by atoms with Gasteiger partial charge in [-0.1, -0.05) is 34.5 Å². The van der Waals surface area contributed by atoms with E-state index in [1.54, 1.807) is 6.20 Å². The van der Waals surface area contributed by atoms with Crippen LogP contribution in [0.5, 0.6) is 0 Å². The fourth-order valence-electron chi connectivity index (χ4n) is 2.20. The van der Waals surface area contributed by atoms with Crippen LogP contribution in [-0.4, -0.2) is 16.3 Å². The van der Waals surface area contributed by atoms with E-state index in [4.69, 9.17) is 11.6 Å². The molecule has 0 amide bonds. The zero-order valence-corrected chi connectivity index (χ0v) is 15.8. The van der Waals surface area contributed by atoms with Gasteiger partial charge < -0.3 is 5.32 Å². The quantitative estimate of drug-likeness (QED) is 0.649. The van der Waals surface area contributed by atoms with Gasteiger partial charge in [-0.3, -0.25) is 4.68 Å². The van der Waals surface area contributed by atoms with Crippen molar-refractivity contribution in [2.24, 2.45) is 0 Å². The summed E-state index contributed by atoms with van der Waals surface area (Å²) in [5.74, 6) is 0. The number of halogens is 3. The summed E-state index contributed by atoms with van der Waals surface area (Å²) in [6.45, 7) is 5.83. The van der Waals surface area contributed by atoms with Crippen LogP contribution in [0.1, 0.15) is 31.1 Å². The highest BCUT2D eigenvalue weighted by Crippen LogP contribution is 2.32. The van der Waals surface area contributed by atoms with Crippen molar-refractivity contribution in [2.75, 3.05) is 6.54 Å². The summed E-state index contributed by atoms with van der Waals surface area (Å²) in [5, 5.41) is 8.56. The molecule has 1 N–H and O–H groups in total. The third kappa shape index (κ3) is 3.37. The van der Waals surface area contributed by atoms with Crippen LogP contribution in [0, 0.1) is 3.57 Å². The Kier molecular flexibility index (Phi) is 5.89. The maximum absolute atomic E-state index is 6.36. The summed E-state index contributed by atoms with van der Waals surface area (Å²) in [6.07, 6.45) is 1.72. The van der Waals surface area contributed by atoms with Gasteiger partial charge >= 0.3 is 0 Å². The van der Waals surface area contributed by atoms with Crippen molar-refractivity contribution in [3.05, 3.63) is 48.7 Å². The Hall–Kier alpha value is -0.110. The van der Waals surface area contributed by atoms with Crippen molar-refractivity contribution in [3.63, 3.8) is 0 Å². The van der Waals surface area contributed by atoms with E-state index >= 15 is 0 Å². The van der Waals surface area contributed by atoms with Crippen molar-refractivity contribution in [2.45, 2.75) is 26.4 Å². The fourth-order valence-corrected chi connectivity index (χ4v) is 3.48. The molecule has 1 atom stereocenters. The number of rotatable bonds is 5. The molecule has 3 nitrogen and oxygen atoms in total. The molecule has 0 aliphatic heterocycles. The Labute approximate surface area is 146 Å². The van der Waals surface area contributed by atoms with E-state index in [9.17, 15) is 0 Å². The van der Waals surface area contributed by atoms with E-state index < -0.39 is 0 Å². The highest BCUT2D eigenvalue weighted by molar-refractivity contribution is 14.1. The average molecular weight is 469 g/mol. The largest absolute Gasteiger partial charge is 0.305 e. The lowest BCUT2D eigenvalue weighted by Crippen LogP contribution is -2.26. The van der Waals surface area contributed by atoms with Gasteiger partial charge in [-0.05, 0) is 59.8 Å². The molecule has 0 radical (unpaired) electrons. The van der Waals surface area contributed by atoms with E-state index in [1.165, 1.54) is 9.13 Å². The van der Waals surface area contributed by atoms with Crippen molar-refractivity contribution < 1.29 is 0 Å². The molecule has 108 valence electrons. The van der Waals surface area contributed by atoms with E-state index in [2.05, 4.69) is 74.9 Å². The van der Waals surface area contributed by atoms with Gasteiger partial charge in [0.25, 0.3) is 0 Å². The lowest BCUT2D eigenvalue weighted by molar-refractivity contribution is 0.541. The van der Waals surface area contributed by atoms with Crippen molar-refractivity contribution in [3.8, 4) is 0 Å². The maximum atomic E-state index is 6.36. The average Bonchev–Trinajstić information content (AvgIpc) is 2.80. The molecule has 1 aromatic carbocycles. The van der Waals surface area contributed by atoms with E-state index in [0.717, 1.165) is 23.3 Å². The molecule has 0 aliphatic carbocycles. The highest BCUT2D eigenvalue weighted by atomic mass is 127. The molecule has 1 unspecified atom stereocenters. The molecule has 2 rings (SSSR count). The van der Waals surface area contributed by atoms with Gasteiger partial charge in [0.15, 0.2) is 0 Å². The summed E-state index contributed by atoms with van der Waals surface area (Å²) in [7, 11) is 0. The number of nitrogens with one attached hydrogen (secondary N) is 1. The lowest BCUT2D eigenvalue weighted by atomic mass is 10.0. The third-order valence-corrected chi connectivity index (χ3v) is 4.85. The molecule has 0 saturated carbocycles. The van der Waals surface area contributed by atoms with Crippen LogP contribution < -0.4 is 5.32 Å². The number of nitrogens with zero attached hydrogens (tertiary/aromatic N) is 2. The first kappa shape index (κ1) is 16.3. The van der Waals surface area contributed by atoms with Crippen molar-refractivity contribution in [1.82, 2.24) is 15.1 Å². The Morgan fingerprint density at radius 1 is 1.45 bits per heavy atom. The second-order valence-electron chi connectivity index (χ2n) is 4.35. The third-order valence-electron chi connectivity index (χ3n) is 3.08. The first-order valence-corrected chi connectivity index (χ1v) is 8.73. The summed E-state index contributed by atoms with van der Waals surface area (Å²) >= 11 is 12.3. The minimum absolute atomic E-state index is 0.0411. The van der Waals surface area contributed by atoms with Gasteiger partial charge in [0.1, 0.15) is 0 Å². The zero-order chi connectivity index (χ0) is 14.7. The number of benzene rings is 1. The summed E-state index contributed by atoms with van der Waals surface area (Å²) < 4.78 is 4.22. The number of hydrogen-bond acceptors (Lipinski definition) is 2. The van der Waals surface area contributed by atoms with Crippen LogP contribution in [0.4, 0.5) is 0 Å². The molecular weight excluding hydrogens is 452 g/mol. The molecule has 1 heterocycles. The minimum atomic E-state index is 0.0411. The van der Waals surface area contributed by atoms with E-state index in [0.29, 0.717) is 5.02 Å². The first-order valence-electron chi connectivity index (χ1n) is 6.48. The second-order valence-corrected chi connectivity index (χ2v) is 6.84. The normalized spacial score (nSPS) is 12.7. The van der Waals surface area contributed by atoms with Gasteiger partial charge in [-0.2, -0.15) is 5.10 Å². The fraction of sp³-hybridized carbons (Fsp3) is 0.357. The molecule has 6 heteroatoms. The van der Waals surface area contributed by atoms with Gasteiger partial charge in [-0.15, -0.1) is 0 Å². The molecule has 2 aromatic rings. The highest BCUT2D eigenvalue weighted by Gasteiger charge is 2.23. The first-order chi connectivity index (χ1) is 9.58. The number of aryl methyl sites for hydroxylation is 1. The predicted molar refractivity (Wildman–Crippen MR) is 95.3 cm³/mol. The summed E-state index contributed by atoms with van der Waals surface area (Å²) in [5.41, 5.74) is 2.23. The Morgan fingerprint density at radius 3 is 2.85 bits per heavy atom. The molecule has 0 fully saturated rings. The SMILES string of the molecule is CCNC(c1cc(Br)ccc1I)c1c(Cl)cnn1CC. The molecule has 0 bridgehead atoms. The van der Waals surface area contributed by atoms with Crippen LogP contribution in [0.15, 0.2) is 28.9 Å². The maximum Gasteiger partial charge on any atom is 0.0837 e. The Balaban J connectivity index is 2.56. The van der Waals surface area contributed by atoms with Gasteiger partial charge in [-0.25, -0.2) is 0 Å². The topological polar surface area (TPSA) is 29.9 Å². The van der Waals surface area contributed by atoms with Crippen LogP contribution in [0.2, 0.25) is 5.02 Å². The van der Waals surface area contributed by atoms with Crippen LogP contribution in [-0.2, 0) is 6.54 Å². The molecular formula is C14H16BrClIN3. The van der Waals surface area contributed by atoms with E-state index in [1.807, 2.05) is 10.7 Å². The standard InChI is InChI=1S/C14H16BrClIN3/c1-3-18-13(10-7-9(15)5-6-12(10)17)14-11(16)8-19-20(14)4-2/h5-8,13,18H,3-4H2,1-2H3. The van der Waals surface area contributed by atoms with Crippen molar-refractivity contribution in [1.29, 1.82) is 0 Å². The Bertz CT molecular complexity index is 600. The zero-order valence-electron chi connectivity index (χ0n) is 11.3. The molecule has 0 spiro atoms. The van der Waals surface area contributed by atoms with Gasteiger partial charge in [0, 0.05) is 14.6 Å². The molecule has 1 aromatic heterocycles. The molecule has 0 saturated heterocycles. The Morgan fingerprint density at radius 2 is 2.20 bits per heavy atom. The number of aromatic nitrogens is 2. The molecule has 0 aliphatic rings. The summed E-state index contributed by atoms with van der Waals surface area (Å²) in [4.78, 5) is 0. The van der Waals surface area contributed by atoms with Crippen LogP contribution in [0.3, 0.4) is 0 Å². The predicted octanol–water partition coefficient (Wildman–Crippen LogP) is 4.62. The lowest BCUT2D eigenvalue weighted by Gasteiger charge is -2.21. The van der Waals surface area contributed by atoms with Gasteiger partial charge in [0.2, 0.25) is 0 Å². The minimum Gasteiger partial charge on any atom is -0.305 e. The van der Waals surface area contributed by atoms with Crippen LogP contribution >= 0.6 is 50.1 Å². The van der Waals surface area contributed by atoms with Crippen LogP contribution in [0.25, 0.3) is 0 Å². The second kappa shape index (κ2) is 7.24. The van der Waals surface area contributed by atoms with E-state index in [-0.39, 0.29) is 6.04 Å². The smallest absolute Gasteiger partial charge is 0.0837 e. The number of hydrogen-bond donors (Lipinski definition) is 1. The summed E-state index contributed by atoms with van der Waals surface area (Å²) in [6, 6.07) is 6.33. The van der Waals surface area contributed by atoms with Crippen molar-refractivity contribution >= 4 is 50.1 Å². The molecule has 20 heavy (non-hydrogen) atoms. The van der Waals surface area contributed by atoms with Gasteiger partial charge in [0.05, 0.1) is 23.0 Å².